The largest absolute Gasteiger partial charge is 0.495 e. The van der Waals surface area contributed by atoms with E-state index in [2.05, 4.69) is 15.5 Å². The van der Waals surface area contributed by atoms with Crippen molar-refractivity contribution in [1.82, 2.24) is 10.1 Å². The van der Waals surface area contributed by atoms with Gasteiger partial charge in [-0.15, -0.1) is 0 Å². The molecule has 34 heavy (non-hydrogen) atoms. The molecule has 3 aromatic carbocycles. The summed E-state index contributed by atoms with van der Waals surface area (Å²) >= 11 is 0. The molecule has 1 aromatic heterocycles. The van der Waals surface area contributed by atoms with Crippen LogP contribution in [0.1, 0.15) is 33.2 Å². The van der Waals surface area contributed by atoms with Crippen molar-refractivity contribution in [2.75, 3.05) is 12.4 Å². The van der Waals surface area contributed by atoms with Crippen LogP contribution in [0.3, 0.4) is 0 Å². The fourth-order valence-corrected chi connectivity index (χ4v) is 3.40. The van der Waals surface area contributed by atoms with Crippen LogP contribution < -0.4 is 10.1 Å². The first-order valence-corrected chi connectivity index (χ1v) is 10.7. The molecule has 1 heterocycles. The van der Waals surface area contributed by atoms with Crippen molar-refractivity contribution < 1.29 is 23.6 Å². The van der Waals surface area contributed by atoms with E-state index in [1.165, 1.54) is 7.11 Å². The topological polar surface area (TPSA) is 104 Å². The number of carbonyl (C=O) groups excluding carboxylic acids is 2. The Bertz CT molecular complexity index is 1270. The van der Waals surface area contributed by atoms with E-state index in [9.17, 15) is 9.59 Å². The molecule has 172 valence electrons. The number of methoxy groups -OCH3 is 1. The fraction of sp³-hybridized carbons (Fsp3) is 0.154. The lowest BCUT2D eigenvalue weighted by atomic mass is 10.00. The fourth-order valence-electron chi connectivity index (χ4n) is 3.40. The minimum absolute atomic E-state index is 0.102. The lowest BCUT2D eigenvalue weighted by molar-refractivity contribution is -0.115. The number of nitrogens with one attached hydrogen (secondary N) is 1. The van der Waals surface area contributed by atoms with Crippen molar-refractivity contribution in [2.24, 2.45) is 0 Å². The average molecular weight is 457 g/mol. The summed E-state index contributed by atoms with van der Waals surface area (Å²) in [4.78, 5) is 29.2. The number of esters is 1. The number of hydrogen-bond acceptors (Lipinski definition) is 7. The second kappa shape index (κ2) is 10.9. The zero-order chi connectivity index (χ0) is 23.8. The van der Waals surface area contributed by atoms with Gasteiger partial charge in [-0.2, -0.15) is 4.98 Å². The summed E-state index contributed by atoms with van der Waals surface area (Å²) in [6.07, 6.45) is 0.507. The number of carbonyl (C=O) groups is 2. The molecule has 4 rings (SSSR count). The maximum absolute atomic E-state index is 12.7. The molecule has 8 heteroatoms. The van der Waals surface area contributed by atoms with Crippen LogP contribution in [-0.4, -0.2) is 29.1 Å². The molecule has 1 amide bonds. The maximum Gasteiger partial charge on any atom is 0.338 e. The molecule has 1 N–H and O–H groups in total. The molecule has 0 aliphatic carbocycles. The van der Waals surface area contributed by atoms with E-state index < -0.39 is 5.97 Å². The van der Waals surface area contributed by atoms with Crippen molar-refractivity contribution in [2.45, 2.75) is 19.4 Å². The highest BCUT2D eigenvalue weighted by molar-refractivity contribution is 5.93. The highest BCUT2D eigenvalue weighted by Gasteiger charge is 2.16. The predicted molar refractivity (Wildman–Crippen MR) is 124 cm³/mol. The van der Waals surface area contributed by atoms with Gasteiger partial charge in [0, 0.05) is 0 Å². The van der Waals surface area contributed by atoms with Crippen molar-refractivity contribution in [3.8, 4) is 5.75 Å². The van der Waals surface area contributed by atoms with Crippen molar-refractivity contribution in [3.63, 3.8) is 0 Å². The zero-order valence-corrected chi connectivity index (χ0v) is 18.6. The smallest absolute Gasteiger partial charge is 0.338 e. The number of ether oxygens (including phenoxy) is 2. The van der Waals surface area contributed by atoms with Crippen molar-refractivity contribution in [1.29, 1.82) is 0 Å². The van der Waals surface area contributed by atoms with Gasteiger partial charge in [0.1, 0.15) is 5.75 Å². The van der Waals surface area contributed by atoms with Gasteiger partial charge in [-0.3, -0.25) is 4.79 Å². The molecule has 0 aliphatic heterocycles. The summed E-state index contributed by atoms with van der Waals surface area (Å²) in [6, 6.07) is 24.2. The number of aromatic nitrogens is 2. The molecule has 0 unspecified atom stereocenters. The van der Waals surface area contributed by atoms with E-state index >= 15 is 0 Å². The molecular formula is C26H23N3O5. The molecule has 0 aliphatic rings. The van der Waals surface area contributed by atoms with Gasteiger partial charge in [-0.1, -0.05) is 65.8 Å². The number of benzene rings is 3. The third kappa shape index (κ3) is 5.86. The average Bonchev–Trinajstić information content (AvgIpc) is 3.31. The Hall–Kier alpha value is -4.46. The van der Waals surface area contributed by atoms with E-state index in [1.807, 2.05) is 42.5 Å². The van der Waals surface area contributed by atoms with Crippen LogP contribution in [0.4, 0.5) is 5.69 Å². The first-order chi connectivity index (χ1) is 16.6. The molecule has 0 fully saturated rings. The van der Waals surface area contributed by atoms with Gasteiger partial charge in [-0.25, -0.2) is 4.79 Å². The summed E-state index contributed by atoms with van der Waals surface area (Å²) in [6.45, 7) is -0.195. The van der Waals surface area contributed by atoms with Crippen LogP contribution in [0.5, 0.6) is 5.75 Å². The van der Waals surface area contributed by atoms with Gasteiger partial charge in [0.05, 0.1) is 24.8 Å². The van der Waals surface area contributed by atoms with Gasteiger partial charge in [0.15, 0.2) is 12.4 Å². The van der Waals surface area contributed by atoms with Gasteiger partial charge in [0.25, 0.3) is 5.89 Å². The Balaban J connectivity index is 1.33. The van der Waals surface area contributed by atoms with Crippen LogP contribution in [0, 0.1) is 0 Å². The van der Waals surface area contributed by atoms with Crippen molar-refractivity contribution >= 4 is 17.6 Å². The van der Waals surface area contributed by atoms with Crippen LogP contribution in [0.15, 0.2) is 83.4 Å². The number of amides is 1. The molecule has 0 radical (unpaired) electrons. The van der Waals surface area contributed by atoms with Gasteiger partial charge >= 0.3 is 5.97 Å². The minimum Gasteiger partial charge on any atom is -0.495 e. The highest BCUT2D eigenvalue weighted by Crippen LogP contribution is 2.23. The van der Waals surface area contributed by atoms with Crippen LogP contribution in [-0.2, 0) is 29.0 Å². The van der Waals surface area contributed by atoms with Crippen LogP contribution >= 0.6 is 0 Å². The molecule has 0 bridgehead atoms. The third-order valence-corrected chi connectivity index (χ3v) is 5.01. The lowest BCUT2D eigenvalue weighted by Gasteiger charge is -2.09. The normalized spacial score (nSPS) is 10.5. The number of anilines is 1. The first kappa shape index (κ1) is 22.7. The summed E-state index contributed by atoms with van der Waals surface area (Å²) in [7, 11) is 1.53. The Labute approximate surface area is 196 Å². The van der Waals surface area contributed by atoms with E-state index in [4.69, 9.17) is 14.0 Å². The van der Waals surface area contributed by atoms with Gasteiger partial charge in [0.2, 0.25) is 5.91 Å². The van der Waals surface area contributed by atoms with Gasteiger partial charge < -0.3 is 19.3 Å². The molecule has 0 spiro atoms. The van der Waals surface area contributed by atoms with Gasteiger partial charge in [-0.05, 0) is 35.7 Å². The summed E-state index contributed by atoms with van der Waals surface area (Å²) < 4.78 is 15.7. The second-order valence-electron chi connectivity index (χ2n) is 7.43. The van der Waals surface area contributed by atoms with E-state index in [0.29, 0.717) is 23.4 Å². The summed E-state index contributed by atoms with van der Waals surface area (Å²) in [5.74, 6) is 0.0184. The van der Waals surface area contributed by atoms with E-state index in [-0.39, 0.29) is 30.7 Å². The standard InChI is InChI=1S/C26H23N3O5/c1-32-22-14-8-7-13-21(22)27-24(30)16-23-28-25(34-29-23)17-33-26(31)20-12-6-5-11-19(20)15-18-9-3-2-4-10-18/h2-14H,15-17H2,1H3,(H,27,30). The lowest BCUT2D eigenvalue weighted by Crippen LogP contribution is -2.15. The molecule has 4 aromatic rings. The zero-order valence-electron chi connectivity index (χ0n) is 18.6. The van der Waals surface area contributed by atoms with E-state index in [0.717, 1.165) is 11.1 Å². The molecule has 0 saturated heterocycles. The maximum atomic E-state index is 12.7. The number of nitrogens with zero attached hydrogens (tertiary/aromatic N) is 2. The Morgan fingerprint density at radius 1 is 0.941 bits per heavy atom. The first-order valence-electron chi connectivity index (χ1n) is 10.7. The Morgan fingerprint density at radius 3 is 2.50 bits per heavy atom. The minimum atomic E-state index is -0.486. The Kier molecular flexibility index (Phi) is 7.29. The number of hydrogen-bond donors (Lipinski definition) is 1. The van der Waals surface area contributed by atoms with Crippen molar-refractivity contribution in [3.05, 3.63) is 107 Å². The predicted octanol–water partition coefficient (Wildman–Crippen LogP) is 4.21. The number of para-hydroxylation sites is 2. The highest BCUT2D eigenvalue weighted by atomic mass is 16.6. The third-order valence-electron chi connectivity index (χ3n) is 5.01. The number of rotatable bonds is 9. The van der Waals surface area contributed by atoms with Crippen LogP contribution in [0.25, 0.3) is 0 Å². The molecule has 0 saturated carbocycles. The molecular weight excluding hydrogens is 434 g/mol. The Morgan fingerprint density at radius 2 is 1.68 bits per heavy atom. The van der Waals surface area contributed by atoms with Crippen LogP contribution in [0.2, 0.25) is 0 Å². The quantitative estimate of drug-likeness (QED) is 0.376. The molecule has 0 atom stereocenters. The SMILES string of the molecule is COc1ccccc1NC(=O)Cc1noc(COC(=O)c2ccccc2Cc2ccccc2)n1. The molecule has 8 nitrogen and oxygen atoms in total. The summed E-state index contributed by atoms with van der Waals surface area (Å²) in [5.41, 5.74) is 2.97. The second-order valence-corrected chi connectivity index (χ2v) is 7.43. The van der Waals surface area contributed by atoms with E-state index in [1.54, 1.807) is 36.4 Å². The summed E-state index contributed by atoms with van der Waals surface area (Å²) in [5, 5.41) is 6.54. The monoisotopic (exact) mass is 457 g/mol.